The van der Waals surface area contributed by atoms with Crippen LogP contribution in [0.1, 0.15) is 0 Å². The highest BCUT2D eigenvalue weighted by molar-refractivity contribution is 8.02. The molecule has 6 heavy (non-hydrogen) atoms. The number of nitrogens with zero attached hydrogens (tertiary/aromatic N) is 1. The second-order valence-corrected chi connectivity index (χ2v) is 2.42. The lowest BCUT2D eigenvalue weighted by Gasteiger charge is -1.76. The molecule has 0 amide bonds. The van der Waals surface area contributed by atoms with Crippen molar-refractivity contribution in [2.24, 2.45) is 0 Å². The molecule has 1 aliphatic rings. The molecule has 0 aromatic rings. The molecule has 0 saturated heterocycles. The van der Waals surface area contributed by atoms with E-state index in [1.54, 1.807) is 0 Å². The average Bonchev–Trinajstić information content (AvgIpc) is 1.86. The minimum Gasteiger partial charge on any atom is -0.165 e. The molecule has 33 valence electrons. The Morgan fingerprint density at radius 2 is 2.83 bits per heavy atom. The van der Waals surface area contributed by atoms with Crippen molar-refractivity contribution in [3.63, 3.8) is 0 Å². The minimum absolute atomic E-state index is 0.781. The summed E-state index contributed by atoms with van der Waals surface area (Å²) in [5.74, 6) is 0. The first-order valence-corrected chi connectivity index (χ1v) is 2.74. The first kappa shape index (κ1) is 4.50. The van der Waals surface area contributed by atoms with Gasteiger partial charge < -0.3 is 0 Å². The van der Waals surface area contributed by atoms with Gasteiger partial charge in [0.1, 0.15) is 0 Å². The summed E-state index contributed by atoms with van der Waals surface area (Å²) in [4.78, 5) is 0. The van der Waals surface area contributed by atoms with Gasteiger partial charge in [0.2, 0.25) is 0 Å². The maximum atomic E-state index is 5.44. The zero-order chi connectivity index (χ0) is 4.41. The monoisotopic (exact) mass is 120 g/mol. The predicted molar refractivity (Wildman–Crippen MR) is 28.5 cm³/mol. The van der Waals surface area contributed by atoms with Crippen LogP contribution >= 0.6 is 23.5 Å². The molecule has 0 aromatic carbocycles. The van der Waals surface area contributed by atoms with E-state index in [9.17, 15) is 0 Å². The SMILES string of the molecule is ClC1=CC[N]S1. The van der Waals surface area contributed by atoms with Crippen LogP contribution in [0.25, 0.3) is 0 Å². The van der Waals surface area contributed by atoms with Crippen LogP contribution in [-0.4, -0.2) is 6.54 Å². The van der Waals surface area contributed by atoms with Crippen molar-refractivity contribution in [1.29, 1.82) is 0 Å². The Kier molecular flexibility index (Phi) is 1.40. The largest absolute Gasteiger partial charge is 0.165 e. The summed E-state index contributed by atoms with van der Waals surface area (Å²) in [6.07, 6.45) is 1.88. The zero-order valence-corrected chi connectivity index (χ0v) is 4.59. The van der Waals surface area contributed by atoms with E-state index in [1.807, 2.05) is 6.08 Å². The topological polar surface area (TPSA) is 14.1 Å². The van der Waals surface area contributed by atoms with Gasteiger partial charge in [-0.2, -0.15) is 4.72 Å². The maximum Gasteiger partial charge on any atom is 0.0875 e. The normalized spacial score (nSPS) is 21.2. The van der Waals surface area contributed by atoms with Crippen molar-refractivity contribution in [1.82, 2.24) is 4.72 Å². The lowest BCUT2D eigenvalue weighted by molar-refractivity contribution is 1.14. The molecular weight excluding hydrogens is 118 g/mol. The molecule has 0 N–H and O–H groups in total. The summed E-state index contributed by atoms with van der Waals surface area (Å²) in [6.45, 7) is 0.781. The molecule has 0 spiro atoms. The number of rotatable bonds is 0. The summed E-state index contributed by atoms with van der Waals surface area (Å²) in [6, 6.07) is 0. The van der Waals surface area contributed by atoms with Crippen molar-refractivity contribution < 1.29 is 0 Å². The third kappa shape index (κ3) is 0.899. The second-order valence-electron chi connectivity index (χ2n) is 0.911. The first-order chi connectivity index (χ1) is 2.89. The molecule has 0 atom stereocenters. The van der Waals surface area contributed by atoms with Gasteiger partial charge in [-0.05, 0) is 18.0 Å². The van der Waals surface area contributed by atoms with Crippen LogP contribution in [0.15, 0.2) is 10.4 Å². The molecule has 1 rings (SSSR count). The Morgan fingerprint density at radius 3 is 3.00 bits per heavy atom. The van der Waals surface area contributed by atoms with E-state index in [0.717, 1.165) is 10.9 Å². The molecule has 3 heteroatoms. The lowest BCUT2D eigenvalue weighted by atomic mass is 10.7. The van der Waals surface area contributed by atoms with Crippen molar-refractivity contribution in [2.75, 3.05) is 6.54 Å². The Balaban J connectivity index is 2.45. The van der Waals surface area contributed by atoms with Crippen molar-refractivity contribution >= 4 is 23.5 Å². The number of hydrogen-bond donors (Lipinski definition) is 0. The highest BCUT2D eigenvalue weighted by Gasteiger charge is 1.99. The third-order valence-electron chi connectivity index (χ3n) is 0.478. The van der Waals surface area contributed by atoms with E-state index in [0.29, 0.717) is 0 Å². The number of halogens is 1. The molecule has 1 radical (unpaired) electrons. The van der Waals surface area contributed by atoms with Crippen LogP contribution in [0.3, 0.4) is 0 Å². The standard InChI is InChI=1S/C3H3ClNS/c4-3-1-2-5-6-3/h1H,2H2. The molecule has 1 heterocycles. The fourth-order valence-electron chi connectivity index (χ4n) is 0.245. The quantitative estimate of drug-likeness (QED) is 0.440. The van der Waals surface area contributed by atoms with Crippen LogP contribution < -0.4 is 4.72 Å². The lowest BCUT2D eigenvalue weighted by Crippen LogP contribution is -1.81. The van der Waals surface area contributed by atoms with Gasteiger partial charge in [-0.15, -0.1) is 0 Å². The molecule has 0 bridgehead atoms. The summed E-state index contributed by atoms with van der Waals surface area (Å²) in [5.41, 5.74) is 0. The van der Waals surface area contributed by atoms with E-state index in [4.69, 9.17) is 11.6 Å². The predicted octanol–water partition coefficient (Wildman–Crippen LogP) is 1.33. The van der Waals surface area contributed by atoms with Crippen LogP contribution in [-0.2, 0) is 0 Å². The fraction of sp³-hybridized carbons (Fsp3) is 0.333. The minimum atomic E-state index is 0.781. The molecule has 0 saturated carbocycles. The van der Waals surface area contributed by atoms with Gasteiger partial charge >= 0.3 is 0 Å². The summed E-state index contributed by atoms with van der Waals surface area (Å²) in [5, 5.41) is 0. The maximum absolute atomic E-state index is 5.44. The van der Waals surface area contributed by atoms with Gasteiger partial charge in [-0.1, -0.05) is 11.6 Å². The molecule has 1 aliphatic heterocycles. The Labute approximate surface area is 45.9 Å². The average molecular weight is 121 g/mol. The van der Waals surface area contributed by atoms with E-state index >= 15 is 0 Å². The van der Waals surface area contributed by atoms with Gasteiger partial charge in [-0.25, -0.2) is 0 Å². The zero-order valence-electron chi connectivity index (χ0n) is 3.02. The fourth-order valence-corrected chi connectivity index (χ4v) is 0.882. The van der Waals surface area contributed by atoms with Crippen molar-refractivity contribution in [3.8, 4) is 0 Å². The van der Waals surface area contributed by atoms with Crippen LogP contribution in [0.4, 0.5) is 0 Å². The smallest absolute Gasteiger partial charge is 0.0875 e. The van der Waals surface area contributed by atoms with Crippen LogP contribution in [0.5, 0.6) is 0 Å². The van der Waals surface area contributed by atoms with E-state index in [1.165, 1.54) is 11.9 Å². The second kappa shape index (κ2) is 1.87. The van der Waals surface area contributed by atoms with Gasteiger partial charge in [0.25, 0.3) is 0 Å². The van der Waals surface area contributed by atoms with Crippen molar-refractivity contribution in [2.45, 2.75) is 0 Å². The summed E-state index contributed by atoms with van der Waals surface area (Å²) < 4.78 is 4.66. The summed E-state index contributed by atoms with van der Waals surface area (Å²) in [7, 11) is 0. The van der Waals surface area contributed by atoms with Crippen LogP contribution in [0.2, 0.25) is 0 Å². The Bertz CT molecular complexity index is 80.9. The molecule has 0 fully saturated rings. The number of hydrogen-bond acceptors (Lipinski definition) is 1. The molecule has 1 nitrogen and oxygen atoms in total. The van der Waals surface area contributed by atoms with Crippen molar-refractivity contribution in [3.05, 3.63) is 10.4 Å². The Morgan fingerprint density at radius 1 is 2.00 bits per heavy atom. The highest BCUT2D eigenvalue weighted by Crippen LogP contribution is 2.21. The van der Waals surface area contributed by atoms with E-state index in [2.05, 4.69) is 4.72 Å². The van der Waals surface area contributed by atoms with Gasteiger partial charge in [0, 0.05) is 6.54 Å². The van der Waals surface area contributed by atoms with Gasteiger partial charge in [0.05, 0.1) is 4.36 Å². The highest BCUT2D eigenvalue weighted by atomic mass is 35.5. The first-order valence-electron chi connectivity index (χ1n) is 1.59. The van der Waals surface area contributed by atoms with E-state index in [-0.39, 0.29) is 0 Å². The summed E-state index contributed by atoms with van der Waals surface area (Å²) >= 11 is 6.79. The third-order valence-corrected chi connectivity index (χ3v) is 1.46. The molecule has 0 aliphatic carbocycles. The molecular formula is C3H3ClNS. The van der Waals surface area contributed by atoms with Crippen LogP contribution in [0, 0.1) is 0 Å². The molecule has 0 aromatic heterocycles. The van der Waals surface area contributed by atoms with Gasteiger partial charge in [0.15, 0.2) is 0 Å². The van der Waals surface area contributed by atoms with Gasteiger partial charge in [-0.3, -0.25) is 0 Å². The Hall–Kier alpha value is 0.340. The van der Waals surface area contributed by atoms with E-state index < -0.39 is 0 Å². The molecule has 0 unspecified atom stereocenters.